The van der Waals surface area contributed by atoms with E-state index in [0.717, 1.165) is 12.0 Å². The van der Waals surface area contributed by atoms with Crippen molar-refractivity contribution in [2.24, 2.45) is 0 Å². The van der Waals surface area contributed by atoms with Gasteiger partial charge in [-0.05, 0) is 41.8 Å². The number of hydrogen-bond acceptors (Lipinski definition) is 2. The summed E-state index contributed by atoms with van der Waals surface area (Å²) in [4.78, 5) is 19.0. The Morgan fingerprint density at radius 1 is 1.16 bits per heavy atom. The maximum atomic E-state index is 13.2. The van der Waals surface area contributed by atoms with E-state index in [1.54, 1.807) is 24.7 Å². The molecule has 1 atom stereocenters. The van der Waals surface area contributed by atoms with Crippen LogP contribution in [0.2, 0.25) is 0 Å². The fourth-order valence-corrected chi connectivity index (χ4v) is 3.44. The van der Waals surface area contributed by atoms with Crippen LogP contribution in [0.4, 0.5) is 4.39 Å². The predicted molar refractivity (Wildman–Crippen MR) is 92.6 cm³/mol. The van der Waals surface area contributed by atoms with Gasteiger partial charge in [0.1, 0.15) is 5.82 Å². The second kappa shape index (κ2) is 6.51. The van der Waals surface area contributed by atoms with Crippen LogP contribution >= 0.6 is 0 Å². The van der Waals surface area contributed by atoms with E-state index >= 15 is 0 Å². The molecule has 4 nitrogen and oxygen atoms in total. The first-order valence-electron chi connectivity index (χ1n) is 8.32. The smallest absolute Gasteiger partial charge is 0.254 e. The second-order valence-corrected chi connectivity index (χ2v) is 6.23. The average Bonchev–Trinajstić information content (AvgIpc) is 3.15. The minimum atomic E-state index is -0.337. The van der Waals surface area contributed by atoms with Crippen LogP contribution in [0.1, 0.15) is 27.5 Å². The largest absolute Gasteiger partial charge is 0.335 e. The summed E-state index contributed by atoms with van der Waals surface area (Å²) in [5.41, 5.74) is 2.95. The maximum Gasteiger partial charge on any atom is 0.254 e. The van der Waals surface area contributed by atoms with Gasteiger partial charge in [0.05, 0.1) is 12.4 Å². The highest BCUT2D eigenvalue weighted by atomic mass is 19.1. The SMILES string of the molecule is O=C(c1ccc(F)cc1)N1CCc2ccccc2C1Cn1ccnc1. The minimum absolute atomic E-state index is 0.0698. The maximum absolute atomic E-state index is 13.2. The molecule has 5 heteroatoms. The molecule has 0 bridgehead atoms. The number of imidazole rings is 1. The van der Waals surface area contributed by atoms with E-state index < -0.39 is 0 Å². The number of carbonyl (C=O) groups excluding carboxylic acids is 1. The third-order valence-corrected chi connectivity index (χ3v) is 4.71. The van der Waals surface area contributed by atoms with Crippen LogP contribution < -0.4 is 0 Å². The lowest BCUT2D eigenvalue weighted by molar-refractivity contribution is 0.0640. The first-order valence-corrected chi connectivity index (χ1v) is 8.32. The first kappa shape index (κ1) is 15.6. The van der Waals surface area contributed by atoms with Gasteiger partial charge in [0.25, 0.3) is 5.91 Å². The summed E-state index contributed by atoms with van der Waals surface area (Å²) >= 11 is 0. The molecule has 0 saturated carbocycles. The van der Waals surface area contributed by atoms with Crippen LogP contribution in [0, 0.1) is 5.82 Å². The van der Waals surface area contributed by atoms with Crippen molar-refractivity contribution in [1.29, 1.82) is 0 Å². The zero-order valence-corrected chi connectivity index (χ0v) is 13.7. The highest BCUT2D eigenvalue weighted by molar-refractivity contribution is 5.94. The monoisotopic (exact) mass is 335 g/mol. The summed E-state index contributed by atoms with van der Waals surface area (Å²) in [6, 6.07) is 13.9. The molecule has 1 aliphatic rings. The molecule has 1 aliphatic heterocycles. The van der Waals surface area contributed by atoms with Gasteiger partial charge in [0.2, 0.25) is 0 Å². The fourth-order valence-electron chi connectivity index (χ4n) is 3.44. The van der Waals surface area contributed by atoms with E-state index in [0.29, 0.717) is 18.7 Å². The van der Waals surface area contributed by atoms with E-state index in [1.807, 2.05) is 27.8 Å². The van der Waals surface area contributed by atoms with Crippen molar-refractivity contribution in [3.8, 4) is 0 Å². The van der Waals surface area contributed by atoms with Gasteiger partial charge in [-0.2, -0.15) is 0 Å². The highest BCUT2D eigenvalue weighted by Crippen LogP contribution is 2.32. The summed E-state index contributed by atoms with van der Waals surface area (Å²) < 4.78 is 15.2. The summed E-state index contributed by atoms with van der Waals surface area (Å²) in [5, 5.41) is 0. The molecule has 1 amide bonds. The molecule has 0 N–H and O–H groups in total. The molecule has 4 rings (SSSR count). The van der Waals surface area contributed by atoms with Gasteiger partial charge in [-0.25, -0.2) is 9.37 Å². The number of nitrogens with zero attached hydrogens (tertiary/aromatic N) is 3. The molecule has 126 valence electrons. The summed E-state index contributed by atoms with van der Waals surface area (Å²) in [7, 11) is 0. The Morgan fingerprint density at radius 3 is 2.72 bits per heavy atom. The molecule has 25 heavy (non-hydrogen) atoms. The normalized spacial score (nSPS) is 16.5. The third kappa shape index (κ3) is 3.05. The van der Waals surface area contributed by atoms with Crippen LogP contribution in [0.25, 0.3) is 0 Å². The predicted octanol–water partition coefficient (Wildman–Crippen LogP) is 3.46. The Kier molecular flexibility index (Phi) is 4.06. The highest BCUT2D eigenvalue weighted by Gasteiger charge is 2.31. The number of carbonyl (C=O) groups is 1. The Balaban J connectivity index is 1.70. The molecule has 1 aromatic heterocycles. The Labute approximate surface area is 145 Å². The number of aromatic nitrogens is 2. The number of fused-ring (bicyclic) bond motifs is 1. The lowest BCUT2D eigenvalue weighted by Gasteiger charge is -2.37. The zero-order chi connectivity index (χ0) is 17.2. The molecular formula is C20H18FN3O. The van der Waals surface area contributed by atoms with Crippen LogP contribution in [0.5, 0.6) is 0 Å². The Morgan fingerprint density at radius 2 is 1.96 bits per heavy atom. The van der Waals surface area contributed by atoms with E-state index in [9.17, 15) is 9.18 Å². The van der Waals surface area contributed by atoms with Crippen molar-refractivity contribution in [3.63, 3.8) is 0 Å². The number of halogens is 1. The van der Waals surface area contributed by atoms with Crippen molar-refractivity contribution >= 4 is 5.91 Å². The molecule has 2 heterocycles. The molecule has 3 aromatic rings. The van der Waals surface area contributed by atoms with Crippen molar-refractivity contribution < 1.29 is 9.18 Å². The topological polar surface area (TPSA) is 38.1 Å². The molecule has 2 aromatic carbocycles. The summed E-state index contributed by atoms with van der Waals surface area (Å²) in [6.45, 7) is 1.29. The summed E-state index contributed by atoms with van der Waals surface area (Å²) in [5.74, 6) is -0.407. The van der Waals surface area contributed by atoms with Crippen molar-refractivity contribution in [2.75, 3.05) is 6.54 Å². The molecule has 0 fully saturated rings. The second-order valence-electron chi connectivity index (χ2n) is 6.23. The van der Waals surface area contributed by atoms with Crippen molar-refractivity contribution in [2.45, 2.75) is 19.0 Å². The number of benzene rings is 2. The standard InChI is InChI=1S/C20H18FN3O/c21-17-7-5-16(6-8-17)20(25)24-11-9-15-3-1-2-4-18(15)19(24)13-23-12-10-22-14-23/h1-8,10,12,14,19H,9,11,13H2. The summed E-state index contributed by atoms with van der Waals surface area (Å²) in [6.07, 6.45) is 6.22. The van der Waals surface area contributed by atoms with E-state index in [1.165, 1.54) is 17.7 Å². The quantitative estimate of drug-likeness (QED) is 0.735. The molecule has 1 unspecified atom stereocenters. The van der Waals surface area contributed by atoms with Crippen LogP contribution in [0.15, 0.2) is 67.3 Å². The van der Waals surface area contributed by atoms with Gasteiger partial charge in [0, 0.05) is 31.0 Å². The van der Waals surface area contributed by atoms with E-state index in [-0.39, 0.29) is 17.8 Å². The van der Waals surface area contributed by atoms with Gasteiger partial charge < -0.3 is 9.47 Å². The zero-order valence-electron chi connectivity index (χ0n) is 13.7. The van der Waals surface area contributed by atoms with Gasteiger partial charge >= 0.3 is 0 Å². The molecule has 0 spiro atoms. The lowest BCUT2D eigenvalue weighted by Crippen LogP contribution is -2.41. The molecular weight excluding hydrogens is 317 g/mol. The van der Waals surface area contributed by atoms with Crippen LogP contribution in [-0.4, -0.2) is 26.9 Å². The van der Waals surface area contributed by atoms with Crippen LogP contribution in [0.3, 0.4) is 0 Å². The molecule has 0 radical (unpaired) electrons. The van der Waals surface area contributed by atoms with Crippen molar-refractivity contribution in [3.05, 3.63) is 89.8 Å². The Hall–Kier alpha value is -2.95. The average molecular weight is 335 g/mol. The third-order valence-electron chi connectivity index (χ3n) is 4.71. The number of amides is 1. The molecule has 0 saturated heterocycles. The minimum Gasteiger partial charge on any atom is -0.335 e. The first-order chi connectivity index (χ1) is 12.2. The lowest BCUT2D eigenvalue weighted by atomic mass is 9.92. The number of rotatable bonds is 3. The van der Waals surface area contributed by atoms with Gasteiger partial charge in [0.15, 0.2) is 0 Å². The van der Waals surface area contributed by atoms with E-state index in [2.05, 4.69) is 17.1 Å². The fraction of sp³-hybridized carbons (Fsp3) is 0.200. The van der Waals surface area contributed by atoms with E-state index in [4.69, 9.17) is 0 Å². The van der Waals surface area contributed by atoms with Gasteiger partial charge in [-0.15, -0.1) is 0 Å². The number of hydrogen-bond donors (Lipinski definition) is 0. The Bertz CT molecular complexity index is 874. The van der Waals surface area contributed by atoms with Crippen LogP contribution in [-0.2, 0) is 13.0 Å². The van der Waals surface area contributed by atoms with Gasteiger partial charge in [-0.1, -0.05) is 24.3 Å². The molecule has 0 aliphatic carbocycles. The van der Waals surface area contributed by atoms with Gasteiger partial charge in [-0.3, -0.25) is 4.79 Å². The van der Waals surface area contributed by atoms with Crippen molar-refractivity contribution in [1.82, 2.24) is 14.5 Å².